The van der Waals surface area contributed by atoms with E-state index < -0.39 is 83.0 Å². The highest BCUT2D eigenvalue weighted by Crippen LogP contribution is 2.45. The largest absolute Gasteiger partial charge is 0.356 e. The zero-order valence-corrected chi connectivity index (χ0v) is 39.9. The van der Waals surface area contributed by atoms with Crippen LogP contribution in [0.2, 0.25) is 10.0 Å². The number of nitrogens with zero attached hydrogens (tertiary/aromatic N) is 2. The van der Waals surface area contributed by atoms with E-state index in [0.29, 0.717) is 73.5 Å². The maximum atomic E-state index is 14.6. The molecular formula is C46H68Cl2N8O8. The van der Waals surface area contributed by atoms with Gasteiger partial charge in [-0.1, -0.05) is 63.2 Å². The van der Waals surface area contributed by atoms with Crippen LogP contribution in [0.4, 0.5) is 0 Å². The van der Waals surface area contributed by atoms with E-state index in [2.05, 4.69) is 37.8 Å². The number of benzene rings is 1. The van der Waals surface area contributed by atoms with Crippen molar-refractivity contribution < 1.29 is 38.4 Å². The summed E-state index contributed by atoms with van der Waals surface area (Å²) in [6.45, 7) is 9.34. The van der Waals surface area contributed by atoms with Gasteiger partial charge in [0, 0.05) is 50.6 Å². The Hall–Kier alpha value is -4.88. The lowest BCUT2D eigenvalue weighted by Crippen LogP contribution is -2.60. The molecular weight excluding hydrogens is 863 g/mol. The summed E-state index contributed by atoms with van der Waals surface area (Å²) in [4.78, 5) is 112. The maximum absolute atomic E-state index is 14.6. The van der Waals surface area contributed by atoms with E-state index >= 15 is 0 Å². The molecule has 1 saturated heterocycles. The molecule has 0 unspecified atom stereocenters. The van der Waals surface area contributed by atoms with Crippen LogP contribution in [0.25, 0.3) is 0 Å². The lowest BCUT2D eigenvalue weighted by molar-refractivity contribution is -0.145. The number of hydrogen-bond donors (Lipinski definition) is 6. The maximum Gasteiger partial charge on any atom is 0.245 e. The second-order valence-corrected chi connectivity index (χ2v) is 18.2. The van der Waals surface area contributed by atoms with Gasteiger partial charge in [0.05, 0.1) is 0 Å². The van der Waals surface area contributed by atoms with Crippen molar-refractivity contribution in [3.63, 3.8) is 0 Å². The van der Waals surface area contributed by atoms with E-state index in [1.165, 1.54) is 30.8 Å². The summed E-state index contributed by atoms with van der Waals surface area (Å²) in [5, 5.41) is 17.6. The van der Waals surface area contributed by atoms with Crippen LogP contribution < -0.4 is 31.9 Å². The predicted molar refractivity (Wildman–Crippen MR) is 246 cm³/mol. The zero-order chi connectivity index (χ0) is 47.7. The van der Waals surface area contributed by atoms with Crippen LogP contribution in [-0.2, 0) is 44.8 Å². The van der Waals surface area contributed by atoms with Gasteiger partial charge in [-0.05, 0) is 100 Å². The summed E-state index contributed by atoms with van der Waals surface area (Å²) < 4.78 is 0. The monoisotopic (exact) mass is 930 g/mol. The summed E-state index contributed by atoms with van der Waals surface area (Å²) in [7, 11) is 2.92. The number of unbranched alkanes of at least 4 members (excludes halogenated alkanes) is 1. The van der Waals surface area contributed by atoms with Crippen LogP contribution in [0.5, 0.6) is 0 Å². The van der Waals surface area contributed by atoms with Crippen molar-refractivity contribution in [2.45, 2.75) is 154 Å². The van der Waals surface area contributed by atoms with E-state index in [4.69, 9.17) is 29.6 Å². The van der Waals surface area contributed by atoms with Gasteiger partial charge in [0.2, 0.25) is 47.3 Å². The minimum atomic E-state index is -1.18. The van der Waals surface area contributed by atoms with Crippen molar-refractivity contribution in [2.75, 3.05) is 27.2 Å². The molecule has 0 aromatic heterocycles. The highest BCUT2D eigenvalue weighted by molar-refractivity contribution is 6.33. The topological polar surface area (TPSA) is 215 Å². The van der Waals surface area contributed by atoms with Crippen LogP contribution in [-0.4, -0.2) is 120 Å². The molecule has 6 N–H and O–H groups in total. The molecule has 64 heavy (non-hydrogen) atoms. The summed E-state index contributed by atoms with van der Waals surface area (Å²) in [5.41, 5.74) is -0.459. The van der Waals surface area contributed by atoms with Crippen molar-refractivity contribution in [3.8, 4) is 12.3 Å². The van der Waals surface area contributed by atoms with Crippen LogP contribution in [0.15, 0.2) is 18.2 Å². The fourth-order valence-corrected chi connectivity index (χ4v) is 8.06. The van der Waals surface area contributed by atoms with Crippen molar-refractivity contribution >= 4 is 70.5 Å². The molecule has 2 fully saturated rings. The lowest BCUT2D eigenvalue weighted by atomic mass is 9.98. The average Bonchev–Trinajstić information content (AvgIpc) is 4.06. The molecule has 1 aliphatic carbocycles. The lowest BCUT2D eigenvalue weighted by Gasteiger charge is -2.35. The third-order valence-corrected chi connectivity index (χ3v) is 12.4. The first kappa shape index (κ1) is 53.5. The number of terminal acetylenes is 1. The molecule has 16 nitrogen and oxygen atoms in total. The Kier molecular flexibility index (Phi) is 21.4. The summed E-state index contributed by atoms with van der Waals surface area (Å²) in [6, 6.07) is -1.66. The number of carbonyl (C=O) groups excluding carboxylic acids is 8. The van der Waals surface area contributed by atoms with Gasteiger partial charge < -0.3 is 41.7 Å². The Labute approximate surface area is 388 Å². The molecule has 354 valence electrons. The third kappa shape index (κ3) is 15.7. The summed E-state index contributed by atoms with van der Waals surface area (Å²) >= 11 is 12.9. The van der Waals surface area contributed by atoms with Crippen molar-refractivity contribution in [1.29, 1.82) is 0 Å². The summed E-state index contributed by atoms with van der Waals surface area (Å²) in [5.74, 6) is -1.59. The molecule has 6 atom stereocenters. The molecule has 0 radical (unpaired) electrons. The van der Waals surface area contributed by atoms with E-state index in [1.807, 2.05) is 20.8 Å². The Morgan fingerprint density at radius 2 is 1.66 bits per heavy atom. The first-order chi connectivity index (χ1) is 30.3. The molecule has 3 rings (SSSR count). The smallest absolute Gasteiger partial charge is 0.245 e. The average molecular weight is 932 g/mol. The molecule has 1 aromatic carbocycles. The molecule has 2 aliphatic rings. The van der Waals surface area contributed by atoms with Gasteiger partial charge in [0.15, 0.2) is 0 Å². The van der Waals surface area contributed by atoms with Crippen LogP contribution in [0, 0.1) is 23.7 Å². The zero-order valence-electron chi connectivity index (χ0n) is 38.4. The van der Waals surface area contributed by atoms with Crippen molar-refractivity contribution in [1.82, 2.24) is 41.7 Å². The number of amides is 8. The molecule has 1 aliphatic heterocycles. The summed E-state index contributed by atoms with van der Waals surface area (Å²) in [6.07, 6.45) is 9.88. The SMILES string of the molecule is C#CC1(C(=O)N[C@@H](CC)C(=O)N[C@@H](CCCCNC(C)=O)C(=O)N(C)[C@H]2CCCCNC(=O)[C@@H](CCC)NC(=O)[C@H](Cc3cc(Cl)ccc3Cl)N(C)C(=O)[C@H](CC(C)C)NC2=O)CC1. The van der Waals surface area contributed by atoms with Crippen LogP contribution in [0.1, 0.15) is 117 Å². The molecule has 8 amide bonds. The number of rotatable bonds is 18. The van der Waals surface area contributed by atoms with Crippen LogP contribution in [0.3, 0.4) is 0 Å². The Morgan fingerprint density at radius 3 is 2.27 bits per heavy atom. The Morgan fingerprint density at radius 1 is 0.969 bits per heavy atom. The third-order valence-electron chi connectivity index (χ3n) is 11.8. The number of halogens is 2. The standard InChI is InChI=1S/C46H68Cl2N8O8/c1-9-16-34-39(58)50-24-15-13-18-37(41(60)53-36(25-28(4)5)44(63)56(8)38(42(61)51-34)27-30-26-31(47)19-20-32(30)48)55(7)43(62)35(17-12-14-23-49-29(6)57)52-40(59)33(10-2)54-45(64)46(11-3)21-22-46/h3,19-20,26,28,33-38H,9-10,12-18,21-25,27H2,1-2,4-8H3,(H,49,57)(H,50,58)(H,51,61)(H,52,59)(H,53,60)(H,54,64)/t33-,34+,35-,36-,37-,38-/m0/s1. The van der Waals surface area contributed by atoms with Gasteiger partial charge >= 0.3 is 0 Å². The fourth-order valence-electron chi connectivity index (χ4n) is 7.68. The van der Waals surface area contributed by atoms with E-state index in [9.17, 15) is 38.4 Å². The van der Waals surface area contributed by atoms with E-state index in [-0.39, 0.29) is 50.5 Å². The second-order valence-electron chi connectivity index (χ2n) is 17.4. The van der Waals surface area contributed by atoms with Gasteiger partial charge in [-0.3, -0.25) is 38.4 Å². The number of likely N-dealkylation sites (N-methyl/N-ethyl adjacent to an activating group) is 2. The van der Waals surface area contributed by atoms with Gasteiger partial charge in [0.1, 0.15) is 41.7 Å². The first-order valence-electron chi connectivity index (χ1n) is 22.5. The first-order valence-corrected chi connectivity index (χ1v) is 23.2. The number of hydrogen-bond acceptors (Lipinski definition) is 8. The van der Waals surface area contributed by atoms with Gasteiger partial charge in [0.25, 0.3) is 0 Å². The van der Waals surface area contributed by atoms with Gasteiger partial charge in [-0.2, -0.15) is 0 Å². The minimum absolute atomic E-state index is 0.0542. The minimum Gasteiger partial charge on any atom is -0.356 e. The fraction of sp³-hybridized carbons (Fsp3) is 0.652. The molecule has 1 saturated carbocycles. The quantitative estimate of drug-likeness (QED) is 0.0946. The van der Waals surface area contributed by atoms with Crippen molar-refractivity contribution in [3.05, 3.63) is 33.8 Å². The number of carbonyl (C=O) groups is 8. The predicted octanol–water partition coefficient (Wildman–Crippen LogP) is 3.41. The van der Waals surface area contributed by atoms with Gasteiger partial charge in [-0.15, -0.1) is 6.42 Å². The normalized spacial score (nSPS) is 21.6. The Balaban J connectivity index is 2.01. The van der Waals surface area contributed by atoms with E-state index in [0.717, 1.165) is 0 Å². The molecule has 0 spiro atoms. The molecule has 1 heterocycles. The van der Waals surface area contributed by atoms with E-state index in [1.54, 1.807) is 25.1 Å². The molecule has 0 bridgehead atoms. The van der Waals surface area contributed by atoms with Crippen LogP contribution >= 0.6 is 23.2 Å². The molecule has 1 aromatic rings. The highest BCUT2D eigenvalue weighted by atomic mass is 35.5. The Bertz CT molecular complexity index is 1880. The highest BCUT2D eigenvalue weighted by Gasteiger charge is 2.49. The molecule has 18 heteroatoms. The number of nitrogens with one attached hydrogen (secondary N) is 6. The van der Waals surface area contributed by atoms with Gasteiger partial charge in [-0.25, -0.2) is 0 Å². The second kappa shape index (κ2) is 25.6. The van der Waals surface area contributed by atoms with Crippen molar-refractivity contribution in [2.24, 2.45) is 11.3 Å².